The molecule has 0 spiro atoms. The second-order valence-corrected chi connectivity index (χ2v) is 5.67. The Hall–Kier alpha value is -1.23. The number of ether oxygens (including phenoxy) is 2. The number of hydrogen-bond acceptors (Lipinski definition) is 4. The van der Waals surface area contributed by atoms with Crippen LogP contribution in [0.4, 0.5) is 0 Å². The first kappa shape index (κ1) is 12.8. The summed E-state index contributed by atoms with van der Waals surface area (Å²) in [6.45, 7) is 0.511. The van der Waals surface area contributed by atoms with Crippen LogP contribution in [-0.4, -0.2) is 19.8 Å². The summed E-state index contributed by atoms with van der Waals surface area (Å²) >= 11 is 7.83. The number of halogens is 1. The molecule has 2 atom stereocenters. The van der Waals surface area contributed by atoms with Gasteiger partial charge in [-0.15, -0.1) is 11.3 Å². The van der Waals surface area contributed by atoms with Gasteiger partial charge in [-0.3, -0.25) is 0 Å². The van der Waals surface area contributed by atoms with Gasteiger partial charge >= 0.3 is 0 Å². The first-order chi connectivity index (χ1) is 9.29. The molecule has 0 saturated carbocycles. The Morgan fingerprint density at radius 3 is 2.79 bits per heavy atom. The molecule has 100 valence electrons. The minimum atomic E-state index is -0.0870. The Balaban J connectivity index is 1.85. The van der Waals surface area contributed by atoms with E-state index in [2.05, 4.69) is 5.32 Å². The zero-order valence-corrected chi connectivity index (χ0v) is 12.0. The molecular weight excluding hydrogens is 282 g/mol. The van der Waals surface area contributed by atoms with Crippen molar-refractivity contribution in [3.63, 3.8) is 0 Å². The maximum Gasteiger partial charge on any atom is 0.161 e. The van der Waals surface area contributed by atoms with Crippen LogP contribution in [0.2, 0.25) is 5.02 Å². The number of hydrogen-bond donors (Lipinski definition) is 1. The van der Waals surface area contributed by atoms with Crippen molar-refractivity contribution in [1.82, 2.24) is 5.32 Å². The molecule has 2 aromatic rings. The Bertz CT molecular complexity index is 572. The third-order valence-electron chi connectivity index (χ3n) is 3.14. The van der Waals surface area contributed by atoms with Crippen LogP contribution < -0.4 is 14.8 Å². The van der Waals surface area contributed by atoms with Crippen LogP contribution in [0.1, 0.15) is 10.9 Å². The van der Waals surface area contributed by atoms with E-state index < -0.39 is 0 Å². The van der Waals surface area contributed by atoms with Gasteiger partial charge in [-0.2, -0.15) is 0 Å². The van der Waals surface area contributed by atoms with Crippen LogP contribution in [0, 0.1) is 0 Å². The van der Waals surface area contributed by atoms with Crippen molar-refractivity contribution in [1.29, 1.82) is 0 Å². The minimum absolute atomic E-state index is 0.0286. The van der Waals surface area contributed by atoms with Crippen molar-refractivity contribution in [2.24, 2.45) is 0 Å². The normalized spacial score (nSPS) is 19.2. The van der Waals surface area contributed by atoms with Gasteiger partial charge in [-0.25, -0.2) is 0 Å². The summed E-state index contributed by atoms with van der Waals surface area (Å²) in [5, 5.41) is 6.02. The van der Waals surface area contributed by atoms with Gasteiger partial charge in [0.05, 0.1) is 11.1 Å². The lowest BCUT2D eigenvalue weighted by Crippen LogP contribution is -2.40. The molecule has 2 unspecified atom stereocenters. The third-order valence-corrected chi connectivity index (χ3v) is 4.58. The molecule has 1 aliphatic heterocycles. The average Bonchev–Trinajstić information content (AvgIpc) is 2.86. The van der Waals surface area contributed by atoms with Gasteiger partial charge in [-0.1, -0.05) is 23.7 Å². The standard InChI is InChI=1S/C14H14ClNO2S/c1-16-13(14-9(15)6-7-19-14)12-8-17-10-4-2-3-5-11(10)18-12/h2-7,12-13,16H,8H2,1H3. The van der Waals surface area contributed by atoms with Gasteiger partial charge < -0.3 is 14.8 Å². The van der Waals surface area contributed by atoms with Gasteiger partial charge in [-0.05, 0) is 30.6 Å². The van der Waals surface area contributed by atoms with Crippen molar-refractivity contribution in [3.05, 3.63) is 45.6 Å². The quantitative estimate of drug-likeness (QED) is 0.940. The van der Waals surface area contributed by atoms with Crippen LogP contribution in [0.15, 0.2) is 35.7 Å². The van der Waals surface area contributed by atoms with Crippen LogP contribution in [-0.2, 0) is 0 Å². The number of benzene rings is 1. The van der Waals surface area contributed by atoms with E-state index in [1.54, 1.807) is 11.3 Å². The van der Waals surface area contributed by atoms with Gasteiger partial charge in [0.1, 0.15) is 6.61 Å². The topological polar surface area (TPSA) is 30.5 Å². The highest BCUT2D eigenvalue weighted by molar-refractivity contribution is 7.10. The number of nitrogens with one attached hydrogen (secondary N) is 1. The van der Waals surface area contributed by atoms with Gasteiger partial charge in [0.15, 0.2) is 17.6 Å². The zero-order chi connectivity index (χ0) is 13.2. The molecule has 3 nitrogen and oxygen atoms in total. The summed E-state index contributed by atoms with van der Waals surface area (Å²) in [5.74, 6) is 1.58. The van der Waals surface area contributed by atoms with E-state index in [1.807, 2.05) is 42.8 Å². The largest absolute Gasteiger partial charge is 0.486 e. The fraction of sp³-hybridized carbons (Fsp3) is 0.286. The second-order valence-electron chi connectivity index (χ2n) is 4.31. The summed E-state index contributed by atoms with van der Waals surface area (Å²) < 4.78 is 11.8. The van der Waals surface area contributed by atoms with E-state index in [9.17, 15) is 0 Å². The molecule has 0 bridgehead atoms. The number of likely N-dealkylation sites (N-methyl/N-ethyl adjacent to an activating group) is 1. The lowest BCUT2D eigenvalue weighted by Gasteiger charge is -2.31. The maximum atomic E-state index is 6.21. The van der Waals surface area contributed by atoms with Crippen molar-refractivity contribution in [3.8, 4) is 11.5 Å². The number of rotatable bonds is 3. The van der Waals surface area contributed by atoms with Gasteiger partial charge in [0, 0.05) is 4.88 Å². The van der Waals surface area contributed by atoms with Crippen molar-refractivity contribution < 1.29 is 9.47 Å². The van der Waals surface area contributed by atoms with Gasteiger partial charge in [0.25, 0.3) is 0 Å². The second kappa shape index (κ2) is 5.41. The molecule has 5 heteroatoms. The summed E-state index contributed by atoms with van der Waals surface area (Å²) in [6, 6.07) is 9.65. The molecule has 1 aliphatic rings. The molecule has 0 amide bonds. The lowest BCUT2D eigenvalue weighted by atomic mass is 10.1. The van der Waals surface area contributed by atoms with Crippen LogP contribution in [0.5, 0.6) is 11.5 Å². The van der Waals surface area contributed by atoms with Gasteiger partial charge in [0.2, 0.25) is 0 Å². The lowest BCUT2D eigenvalue weighted by molar-refractivity contribution is 0.0648. The average molecular weight is 296 g/mol. The predicted octanol–water partition coefficient (Wildman–Crippen LogP) is 3.50. The maximum absolute atomic E-state index is 6.21. The predicted molar refractivity (Wildman–Crippen MR) is 77.5 cm³/mol. The highest BCUT2D eigenvalue weighted by atomic mass is 35.5. The van der Waals surface area contributed by atoms with Crippen molar-refractivity contribution >= 4 is 22.9 Å². The Morgan fingerprint density at radius 2 is 2.11 bits per heavy atom. The summed E-state index contributed by atoms with van der Waals surface area (Å²) in [6.07, 6.45) is -0.0870. The Kier molecular flexibility index (Phi) is 3.64. The van der Waals surface area contributed by atoms with E-state index in [-0.39, 0.29) is 12.1 Å². The Labute approximate surface area is 121 Å². The molecule has 0 fully saturated rings. The van der Waals surface area contributed by atoms with E-state index in [1.165, 1.54) is 0 Å². The first-order valence-corrected chi connectivity index (χ1v) is 7.34. The van der Waals surface area contributed by atoms with Crippen LogP contribution in [0.3, 0.4) is 0 Å². The van der Waals surface area contributed by atoms with Crippen LogP contribution in [0.25, 0.3) is 0 Å². The smallest absolute Gasteiger partial charge is 0.161 e. The third kappa shape index (κ3) is 2.43. The summed E-state index contributed by atoms with van der Waals surface area (Å²) in [4.78, 5) is 1.08. The first-order valence-electron chi connectivity index (χ1n) is 6.08. The molecule has 3 rings (SSSR count). The highest BCUT2D eigenvalue weighted by Gasteiger charge is 2.31. The number of thiophene rings is 1. The fourth-order valence-corrected chi connectivity index (χ4v) is 3.55. The zero-order valence-electron chi connectivity index (χ0n) is 10.4. The fourth-order valence-electron chi connectivity index (χ4n) is 2.21. The van der Waals surface area contributed by atoms with E-state index >= 15 is 0 Å². The molecule has 1 aromatic carbocycles. The number of fused-ring (bicyclic) bond motifs is 1. The molecular formula is C14H14ClNO2S. The monoisotopic (exact) mass is 295 g/mol. The molecule has 2 heterocycles. The minimum Gasteiger partial charge on any atom is -0.486 e. The van der Waals surface area contributed by atoms with Crippen LogP contribution >= 0.6 is 22.9 Å². The molecule has 0 aliphatic carbocycles. The van der Waals surface area contributed by atoms with E-state index in [0.29, 0.717) is 6.61 Å². The molecule has 0 radical (unpaired) electrons. The summed E-state index contributed by atoms with van der Waals surface area (Å²) in [5.41, 5.74) is 0. The van der Waals surface area contributed by atoms with E-state index in [4.69, 9.17) is 21.1 Å². The molecule has 1 N–H and O–H groups in total. The SMILES string of the molecule is CNC(c1sccc1Cl)C1COc2ccccc2O1. The number of para-hydroxylation sites is 2. The summed E-state index contributed by atoms with van der Waals surface area (Å²) in [7, 11) is 1.91. The van der Waals surface area contributed by atoms with Crippen molar-refractivity contribution in [2.75, 3.05) is 13.7 Å². The molecule has 19 heavy (non-hydrogen) atoms. The van der Waals surface area contributed by atoms with E-state index in [0.717, 1.165) is 21.4 Å². The highest BCUT2D eigenvalue weighted by Crippen LogP contribution is 2.37. The Morgan fingerprint density at radius 1 is 1.32 bits per heavy atom. The molecule has 1 aromatic heterocycles. The molecule has 0 saturated heterocycles. The van der Waals surface area contributed by atoms with Crippen molar-refractivity contribution in [2.45, 2.75) is 12.1 Å².